The second-order valence-electron chi connectivity index (χ2n) is 3.80. The van der Waals surface area contributed by atoms with E-state index in [1.165, 1.54) is 19.2 Å². The van der Waals surface area contributed by atoms with Crippen LogP contribution in [-0.4, -0.2) is 12.0 Å². The maximum absolute atomic E-state index is 10.8. The Morgan fingerprint density at radius 2 is 1.84 bits per heavy atom. The van der Waals surface area contributed by atoms with Gasteiger partial charge in [0.2, 0.25) is 0 Å². The van der Waals surface area contributed by atoms with Gasteiger partial charge in [0.25, 0.3) is 5.69 Å². The van der Waals surface area contributed by atoms with Crippen LogP contribution >= 0.6 is 0 Å². The molecule has 0 atom stereocenters. The molecule has 2 rings (SSSR count). The lowest BCUT2D eigenvalue weighted by Gasteiger charge is -2.08. The molecule has 0 fully saturated rings. The van der Waals surface area contributed by atoms with Crippen LogP contribution < -0.4 is 15.2 Å². The number of nitro groups is 1. The molecule has 6 heteroatoms. The van der Waals surface area contributed by atoms with Gasteiger partial charge >= 0.3 is 0 Å². The fraction of sp³-hybridized carbons (Fsp3) is 0.0769. The highest BCUT2D eigenvalue weighted by Gasteiger charge is 2.11. The first-order valence-corrected chi connectivity index (χ1v) is 5.45. The van der Waals surface area contributed by atoms with Crippen LogP contribution in [0.5, 0.6) is 17.2 Å². The van der Waals surface area contributed by atoms with Gasteiger partial charge in [0.15, 0.2) is 0 Å². The van der Waals surface area contributed by atoms with Gasteiger partial charge in [-0.3, -0.25) is 10.1 Å². The quantitative estimate of drug-likeness (QED) is 0.518. The molecular formula is C13H12N2O4. The molecule has 0 bridgehead atoms. The van der Waals surface area contributed by atoms with Crippen molar-refractivity contribution < 1.29 is 14.4 Å². The van der Waals surface area contributed by atoms with Gasteiger partial charge in [-0.05, 0) is 12.1 Å². The van der Waals surface area contributed by atoms with E-state index in [9.17, 15) is 10.1 Å². The molecule has 0 amide bonds. The fourth-order valence-corrected chi connectivity index (χ4v) is 1.55. The summed E-state index contributed by atoms with van der Waals surface area (Å²) in [7, 11) is 1.43. The first-order valence-electron chi connectivity index (χ1n) is 5.45. The lowest BCUT2D eigenvalue weighted by molar-refractivity contribution is -0.385. The molecule has 0 spiro atoms. The van der Waals surface area contributed by atoms with E-state index in [4.69, 9.17) is 15.2 Å². The van der Waals surface area contributed by atoms with Crippen molar-refractivity contribution in [1.29, 1.82) is 0 Å². The summed E-state index contributed by atoms with van der Waals surface area (Å²) < 4.78 is 10.5. The molecule has 0 aliphatic rings. The summed E-state index contributed by atoms with van der Waals surface area (Å²) in [6.45, 7) is 0. The zero-order valence-electron chi connectivity index (χ0n) is 10.2. The molecule has 2 aromatic rings. The average Bonchev–Trinajstić information content (AvgIpc) is 2.38. The van der Waals surface area contributed by atoms with Crippen molar-refractivity contribution in [2.75, 3.05) is 12.8 Å². The number of nitro benzene ring substituents is 1. The molecule has 0 aromatic heterocycles. The number of non-ortho nitro benzene ring substituents is 1. The van der Waals surface area contributed by atoms with Crippen LogP contribution in [0.25, 0.3) is 0 Å². The minimum atomic E-state index is -0.505. The highest BCUT2D eigenvalue weighted by Crippen LogP contribution is 2.31. The summed E-state index contributed by atoms with van der Waals surface area (Å²) >= 11 is 0. The molecule has 6 nitrogen and oxygen atoms in total. The lowest BCUT2D eigenvalue weighted by atomic mass is 10.2. The van der Waals surface area contributed by atoms with E-state index in [1.807, 2.05) is 0 Å². The van der Waals surface area contributed by atoms with Crippen molar-refractivity contribution >= 4 is 11.4 Å². The highest BCUT2D eigenvalue weighted by molar-refractivity contribution is 5.49. The van der Waals surface area contributed by atoms with Gasteiger partial charge in [-0.1, -0.05) is 6.07 Å². The molecule has 0 aliphatic heterocycles. The monoisotopic (exact) mass is 260 g/mol. The minimum absolute atomic E-state index is 0.0988. The highest BCUT2D eigenvalue weighted by atomic mass is 16.6. The van der Waals surface area contributed by atoms with Crippen LogP contribution in [0.3, 0.4) is 0 Å². The number of methoxy groups -OCH3 is 1. The van der Waals surface area contributed by atoms with Gasteiger partial charge in [-0.2, -0.15) is 0 Å². The molecule has 98 valence electrons. The molecule has 0 unspecified atom stereocenters. The SMILES string of the molecule is COc1cc(Oc2cccc(N)c2)cc([N+](=O)[O-])c1. The fourth-order valence-electron chi connectivity index (χ4n) is 1.55. The average molecular weight is 260 g/mol. The first kappa shape index (κ1) is 12.7. The van der Waals surface area contributed by atoms with Crippen LogP contribution in [0.1, 0.15) is 0 Å². The maximum Gasteiger partial charge on any atom is 0.276 e. The van der Waals surface area contributed by atoms with Crippen molar-refractivity contribution in [1.82, 2.24) is 0 Å². The van der Waals surface area contributed by atoms with Gasteiger partial charge in [0.05, 0.1) is 24.2 Å². The third-order valence-corrected chi connectivity index (χ3v) is 2.41. The summed E-state index contributed by atoms with van der Waals surface area (Å²) in [6.07, 6.45) is 0. The summed E-state index contributed by atoms with van der Waals surface area (Å²) in [4.78, 5) is 10.3. The Hall–Kier alpha value is -2.76. The van der Waals surface area contributed by atoms with E-state index in [0.717, 1.165) is 0 Å². The topological polar surface area (TPSA) is 87.6 Å². The molecule has 0 heterocycles. The smallest absolute Gasteiger partial charge is 0.276 e. The van der Waals surface area contributed by atoms with Crippen molar-refractivity contribution in [3.63, 3.8) is 0 Å². The molecule has 2 aromatic carbocycles. The number of hydrogen-bond acceptors (Lipinski definition) is 5. The predicted octanol–water partition coefficient (Wildman–Crippen LogP) is 2.98. The Balaban J connectivity index is 2.34. The lowest BCUT2D eigenvalue weighted by Crippen LogP contribution is -1.93. The third kappa shape index (κ3) is 3.12. The Morgan fingerprint density at radius 1 is 1.11 bits per heavy atom. The number of rotatable bonds is 4. The summed E-state index contributed by atoms with van der Waals surface area (Å²) in [5.74, 6) is 1.17. The predicted molar refractivity (Wildman–Crippen MR) is 70.6 cm³/mol. The van der Waals surface area contributed by atoms with Crippen LogP contribution in [0.15, 0.2) is 42.5 Å². The molecule has 0 aliphatic carbocycles. The van der Waals surface area contributed by atoms with Crippen LogP contribution in [-0.2, 0) is 0 Å². The standard InChI is InChI=1S/C13H12N2O4/c1-18-12-6-10(15(16)17)7-13(8-12)19-11-4-2-3-9(14)5-11/h2-8H,14H2,1H3. The molecule has 2 N–H and O–H groups in total. The van der Waals surface area contributed by atoms with Gasteiger partial charge in [0.1, 0.15) is 17.2 Å². The number of hydrogen-bond donors (Lipinski definition) is 1. The van der Waals surface area contributed by atoms with Crippen LogP contribution in [0.2, 0.25) is 0 Å². The molecule has 19 heavy (non-hydrogen) atoms. The number of anilines is 1. The zero-order chi connectivity index (χ0) is 13.8. The number of nitrogens with zero attached hydrogens (tertiary/aromatic N) is 1. The van der Waals surface area contributed by atoms with E-state index in [0.29, 0.717) is 22.9 Å². The van der Waals surface area contributed by atoms with Crippen LogP contribution in [0, 0.1) is 10.1 Å². The van der Waals surface area contributed by atoms with Crippen molar-refractivity contribution in [3.8, 4) is 17.2 Å². The second kappa shape index (κ2) is 5.26. The molecule has 0 radical (unpaired) electrons. The summed E-state index contributed by atoms with van der Waals surface area (Å²) in [5, 5.41) is 10.8. The number of nitrogen functional groups attached to an aromatic ring is 1. The molecule has 0 saturated heterocycles. The van der Waals surface area contributed by atoms with E-state index >= 15 is 0 Å². The molecule has 0 saturated carbocycles. The van der Waals surface area contributed by atoms with Crippen molar-refractivity contribution in [3.05, 3.63) is 52.6 Å². The number of nitrogens with two attached hydrogens (primary N) is 1. The Labute approximate surface area is 109 Å². The van der Waals surface area contributed by atoms with Gasteiger partial charge in [-0.15, -0.1) is 0 Å². The maximum atomic E-state index is 10.8. The van der Waals surface area contributed by atoms with E-state index in [-0.39, 0.29) is 5.69 Å². The summed E-state index contributed by atoms with van der Waals surface area (Å²) in [6, 6.07) is 11.0. The van der Waals surface area contributed by atoms with Crippen molar-refractivity contribution in [2.24, 2.45) is 0 Å². The largest absolute Gasteiger partial charge is 0.496 e. The number of benzene rings is 2. The Kier molecular flexibility index (Phi) is 3.51. The minimum Gasteiger partial charge on any atom is -0.496 e. The van der Waals surface area contributed by atoms with E-state index in [1.54, 1.807) is 30.3 Å². The van der Waals surface area contributed by atoms with E-state index in [2.05, 4.69) is 0 Å². The molecular weight excluding hydrogens is 248 g/mol. The van der Waals surface area contributed by atoms with Crippen LogP contribution in [0.4, 0.5) is 11.4 Å². The Bertz CT molecular complexity index is 613. The Morgan fingerprint density at radius 3 is 2.47 bits per heavy atom. The third-order valence-electron chi connectivity index (χ3n) is 2.41. The van der Waals surface area contributed by atoms with Gasteiger partial charge < -0.3 is 15.2 Å². The second-order valence-corrected chi connectivity index (χ2v) is 3.80. The van der Waals surface area contributed by atoms with Gasteiger partial charge in [0, 0.05) is 17.8 Å². The normalized spacial score (nSPS) is 9.95. The zero-order valence-corrected chi connectivity index (χ0v) is 10.2. The number of ether oxygens (including phenoxy) is 2. The first-order chi connectivity index (χ1) is 9.08. The van der Waals surface area contributed by atoms with E-state index < -0.39 is 4.92 Å². The van der Waals surface area contributed by atoms with Crippen molar-refractivity contribution in [2.45, 2.75) is 0 Å². The van der Waals surface area contributed by atoms with Gasteiger partial charge in [-0.25, -0.2) is 0 Å². The summed E-state index contributed by atoms with van der Waals surface area (Å²) in [5.41, 5.74) is 6.09.